The van der Waals surface area contributed by atoms with Gasteiger partial charge in [0.2, 0.25) is 0 Å². The van der Waals surface area contributed by atoms with Gasteiger partial charge in [-0.25, -0.2) is 9.59 Å². The second-order valence-electron chi connectivity index (χ2n) is 6.69. The third-order valence-electron chi connectivity index (χ3n) is 3.57. The molecule has 10 heteroatoms. The van der Waals surface area contributed by atoms with Crippen LogP contribution >= 0.6 is 11.6 Å². The molecule has 4 N–H and O–H groups in total. The first-order valence-corrected chi connectivity index (χ1v) is 8.59. The van der Waals surface area contributed by atoms with Crippen molar-refractivity contribution >= 4 is 29.3 Å². The number of halogens is 1. The van der Waals surface area contributed by atoms with E-state index in [1.54, 1.807) is 18.2 Å². The van der Waals surface area contributed by atoms with E-state index in [1.807, 2.05) is 13.8 Å². The molecular formula is C17H21ClN4O5. The van der Waals surface area contributed by atoms with Gasteiger partial charge in [0.1, 0.15) is 0 Å². The molecule has 0 saturated carbocycles. The van der Waals surface area contributed by atoms with E-state index in [-0.39, 0.29) is 5.89 Å². The summed E-state index contributed by atoms with van der Waals surface area (Å²) in [5.41, 5.74) is -1.32. The lowest BCUT2D eigenvalue weighted by molar-refractivity contribution is -0.155. The van der Waals surface area contributed by atoms with E-state index in [0.717, 1.165) is 6.92 Å². The topological polar surface area (TPSA) is 138 Å². The van der Waals surface area contributed by atoms with Crippen molar-refractivity contribution < 1.29 is 24.3 Å². The molecule has 1 unspecified atom stereocenters. The third-order valence-corrected chi connectivity index (χ3v) is 3.81. The Bertz CT molecular complexity index is 834. The summed E-state index contributed by atoms with van der Waals surface area (Å²) in [5, 5.41) is 27.7. The molecule has 1 heterocycles. The number of aliphatic carboxylic acids is 1. The molecular weight excluding hydrogens is 376 g/mol. The zero-order valence-corrected chi connectivity index (χ0v) is 15.9. The first-order valence-electron chi connectivity index (χ1n) is 8.21. The van der Waals surface area contributed by atoms with Gasteiger partial charge < -0.3 is 25.4 Å². The Balaban J connectivity index is 2.17. The number of carbonyl (C=O) groups is 2. The Morgan fingerprint density at radius 3 is 2.70 bits per heavy atom. The van der Waals surface area contributed by atoms with Gasteiger partial charge in [-0.3, -0.25) is 0 Å². The van der Waals surface area contributed by atoms with Crippen molar-refractivity contribution in [3.8, 4) is 11.5 Å². The van der Waals surface area contributed by atoms with Gasteiger partial charge in [0.15, 0.2) is 11.4 Å². The standard InChI is InChI=1S/C17H21ClN4O5/c1-9(2)6-13-21-14(27-22-13)11-7-10(18)4-5-12(11)20-16(25)19-8-17(3,26)15(23)24/h4-5,7,9,26H,6,8H2,1-3H3,(H,23,24)(H2,19,20,25). The van der Waals surface area contributed by atoms with E-state index >= 15 is 0 Å². The fourth-order valence-electron chi connectivity index (χ4n) is 2.11. The summed E-state index contributed by atoms with van der Waals surface area (Å²) in [6.45, 7) is 4.66. The van der Waals surface area contributed by atoms with E-state index in [2.05, 4.69) is 20.8 Å². The minimum atomic E-state index is -2.08. The van der Waals surface area contributed by atoms with Crippen LogP contribution < -0.4 is 10.6 Å². The highest BCUT2D eigenvalue weighted by Gasteiger charge is 2.30. The summed E-state index contributed by atoms with van der Waals surface area (Å²) in [6.07, 6.45) is 0.636. The first-order chi connectivity index (χ1) is 12.6. The molecule has 0 bridgehead atoms. The maximum atomic E-state index is 12.1. The number of carbonyl (C=O) groups excluding carboxylic acids is 1. The Morgan fingerprint density at radius 1 is 1.37 bits per heavy atom. The van der Waals surface area contributed by atoms with Crippen LogP contribution in [0, 0.1) is 5.92 Å². The van der Waals surface area contributed by atoms with E-state index in [1.165, 1.54) is 0 Å². The SMILES string of the molecule is CC(C)Cc1noc(-c2cc(Cl)ccc2NC(=O)NCC(C)(O)C(=O)O)n1. The molecule has 0 aliphatic rings. The molecule has 2 aromatic rings. The summed E-state index contributed by atoms with van der Waals surface area (Å²) < 4.78 is 5.27. The largest absolute Gasteiger partial charge is 0.479 e. The zero-order valence-electron chi connectivity index (χ0n) is 15.1. The minimum absolute atomic E-state index is 0.195. The number of anilines is 1. The van der Waals surface area contributed by atoms with Gasteiger partial charge in [-0.1, -0.05) is 30.6 Å². The number of urea groups is 1. The number of rotatable bonds is 7. The molecule has 9 nitrogen and oxygen atoms in total. The van der Waals surface area contributed by atoms with E-state index < -0.39 is 24.1 Å². The lowest BCUT2D eigenvalue weighted by Gasteiger charge is -2.18. The molecule has 0 radical (unpaired) electrons. The molecule has 1 aromatic heterocycles. The van der Waals surface area contributed by atoms with Gasteiger partial charge in [0.25, 0.3) is 5.89 Å². The number of nitrogens with one attached hydrogen (secondary N) is 2. The van der Waals surface area contributed by atoms with Crippen LogP contribution in [-0.2, 0) is 11.2 Å². The molecule has 0 fully saturated rings. The second kappa shape index (κ2) is 8.36. The fourth-order valence-corrected chi connectivity index (χ4v) is 2.28. The van der Waals surface area contributed by atoms with Crippen molar-refractivity contribution in [2.75, 3.05) is 11.9 Å². The van der Waals surface area contributed by atoms with Gasteiger partial charge in [-0.05, 0) is 31.0 Å². The lowest BCUT2D eigenvalue weighted by Crippen LogP contribution is -2.47. The molecule has 0 spiro atoms. The average Bonchev–Trinajstić information content (AvgIpc) is 3.02. The lowest BCUT2D eigenvalue weighted by atomic mass is 10.1. The highest BCUT2D eigenvalue weighted by molar-refractivity contribution is 6.31. The van der Waals surface area contributed by atoms with Gasteiger partial charge in [-0.2, -0.15) is 4.98 Å². The predicted octanol–water partition coefficient (Wildman–Crippen LogP) is 2.55. The molecule has 27 heavy (non-hydrogen) atoms. The molecule has 0 aliphatic heterocycles. The quantitative estimate of drug-likeness (QED) is 0.564. The Morgan fingerprint density at radius 2 is 2.07 bits per heavy atom. The summed E-state index contributed by atoms with van der Waals surface area (Å²) in [6, 6.07) is 3.98. The number of benzene rings is 1. The number of carboxylic acid groups (broad SMARTS) is 1. The van der Waals surface area contributed by atoms with E-state index in [9.17, 15) is 14.7 Å². The Labute approximate surface area is 160 Å². The van der Waals surface area contributed by atoms with Crippen molar-refractivity contribution in [3.63, 3.8) is 0 Å². The van der Waals surface area contributed by atoms with Crippen LogP contribution in [0.4, 0.5) is 10.5 Å². The van der Waals surface area contributed by atoms with Crippen LogP contribution in [0.15, 0.2) is 22.7 Å². The number of aromatic nitrogens is 2. The number of hydrogen-bond acceptors (Lipinski definition) is 6. The van der Waals surface area contributed by atoms with Gasteiger partial charge in [0, 0.05) is 11.4 Å². The van der Waals surface area contributed by atoms with Crippen LogP contribution in [0.2, 0.25) is 5.02 Å². The van der Waals surface area contributed by atoms with Crippen molar-refractivity contribution in [2.24, 2.45) is 5.92 Å². The van der Waals surface area contributed by atoms with Crippen LogP contribution in [0.5, 0.6) is 0 Å². The normalized spacial score (nSPS) is 13.3. The highest BCUT2D eigenvalue weighted by Crippen LogP contribution is 2.30. The van der Waals surface area contributed by atoms with Crippen LogP contribution in [0.3, 0.4) is 0 Å². The molecule has 146 valence electrons. The molecule has 1 aromatic carbocycles. The Kier molecular flexibility index (Phi) is 6.40. The maximum Gasteiger partial charge on any atom is 0.337 e. The van der Waals surface area contributed by atoms with Crippen LogP contribution in [-0.4, -0.2) is 44.5 Å². The van der Waals surface area contributed by atoms with E-state index in [4.69, 9.17) is 21.2 Å². The summed E-state index contributed by atoms with van der Waals surface area (Å²) in [5.74, 6) is -0.368. The van der Waals surface area contributed by atoms with Crippen molar-refractivity contribution in [3.05, 3.63) is 29.0 Å². The van der Waals surface area contributed by atoms with E-state index in [0.29, 0.717) is 34.4 Å². The summed E-state index contributed by atoms with van der Waals surface area (Å²) in [7, 11) is 0. The average molecular weight is 397 g/mol. The molecule has 0 aliphatic carbocycles. The molecule has 1 atom stereocenters. The van der Waals surface area contributed by atoms with Gasteiger partial charge in [0.05, 0.1) is 17.8 Å². The summed E-state index contributed by atoms with van der Waals surface area (Å²) in [4.78, 5) is 27.3. The molecule has 0 saturated heterocycles. The van der Waals surface area contributed by atoms with Crippen molar-refractivity contribution in [1.82, 2.24) is 15.5 Å². The fraction of sp³-hybridized carbons (Fsp3) is 0.412. The first kappa shape index (κ1) is 20.7. The van der Waals surface area contributed by atoms with Crippen LogP contribution in [0.1, 0.15) is 26.6 Å². The zero-order chi connectivity index (χ0) is 20.2. The van der Waals surface area contributed by atoms with Crippen molar-refractivity contribution in [2.45, 2.75) is 32.8 Å². The summed E-state index contributed by atoms with van der Waals surface area (Å²) >= 11 is 6.03. The molecule has 2 rings (SSSR count). The highest BCUT2D eigenvalue weighted by atomic mass is 35.5. The van der Waals surface area contributed by atoms with Gasteiger partial charge in [-0.15, -0.1) is 0 Å². The van der Waals surface area contributed by atoms with Crippen LogP contribution in [0.25, 0.3) is 11.5 Å². The number of aliphatic hydroxyl groups is 1. The number of nitrogens with zero attached hydrogens (tertiary/aromatic N) is 2. The minimum Gasteiger partial charge on any atom is -0.479 e. The smallest absolute Gasteiger partial charge is 0.337 e. The second-order valence-corrected chi connectivity index (χ2v) is 7.13. The monoisotopic (exact) mass is 396 g/mol. The number of amides is 2. The molecule has 2 amide bonds. The predicted molar refractivity (Wildman–Crippen MR) is 98.6 cm³/mol. The van der Waals surface area contributed by atoms with Gasteiger partial charge >= 0.3 is 12.0 Å². The third kappa shape index (κ3) is 5.66. The number of hydrogen-bond donors (Lipinski definition) is 4. The van der Waals surface area contributed by atoms with Crippen molar-refractivity contribution in [1.29, 1.82) is 0 Å². The number of carboxylic acids is 1. The Hall–Kier alpha value is -2.65. The maximum absolute atomic E-state index is 12.1.